The molecule has 2 amide bonds. The van der Waals surface area contributed by atoms with Crippen molar-refractivity contribution in [3.63, 3.8) is 0 Å². The van der Waals surface area contributed by atoms with Gasteiger partial charge in [0.2, 0.25) is 5.91 Å². The number of hydrogen-bond donors (Lipinski definition) is 1. The number of carbonyl (C=O) groups is 2. The summed E-state index contributed by atoms with van der Waals surface area (Å²) in [6.45, 7) is 5.59. The van der Waals surface area contributed by atoms with Crippen LogP contribution < -0.4 is 10.9 Å². The highest BCUT2D eigenvalue weighted by Gasteiger charge is 2.24. The topological polar surface area (TPSA) is 97.9 Å². The van der Waals surface area contributed by atoms with Crippen LogP contribution in [-0.2, 0) is 16.1 Å². The summed E-state index contributed by atoms with van der Waals surface area (Å²) in [4.78, 5) is 38.6. The van der Waals surface area contributed by atoms with Gasteiger partial charge in [0.05, 0.1) is 16.8 Å². The number of hydrogen-bond acceptors (Lipinski definition) is 6. The number of carbonyl (C=O) groups excluding carboxylic acids is 2. The summed E-state index contributed by atoms with van der Waals surface area (Å²) in [7, 11) is 0. The second-order valence-corrected chi connectivity index (χ2v) is 8.69. The Morgan fingerprint density at radius 2 is 2.06 bits per heavy atom. The fourth-order valence-corrected chi connectivity index (χ4v) is 4.89. The summed E-state index contributed by atoms with van der Waals surface area (Å²) >= 11 is 1.60. The molecule has 10 heteroatoms. The lowest BCUT2D eigenvalue weighted by atomic mass is 10.1. The molecule has 1 fully saturated rings. The number of piperidine rings is 1. The van der Waals surface area contributed by atoms with Crippen molar-refractivity contribution in [3.8, 4) is 0 Å². The van der Waals surface area contributed by atoms with Gasteiger partial charge < -0.3 is 15.0 Å². The summed E-state index contributed by atoms with van der Waals surface area (Å²) in [5.74, 6) is 0.712. The minimum absolute atomic E-state index is 0.0383. The largest absolute Gasteiger partial charge is 0.450 e. The number of nitrogens with one attached hydrogen (secondary N) is 1. The maximum absolute atomic E-state index is 12.8. The molecule has 166 valence electrons. The Labute approximate surface area is 183 Å². The van der Waals surface area contributed by atoms with E-state index in [9.17, 15) is 14.4 Å². The minimum Gasteiger partial charge on any atom is -0.450 e. The molecule has 0 spiro atoms. The fourth-order valence-electron chi connectivity index (χ4n) is 4.09. The van der Waals surface area contributed by atoms with Gasteiger partial charge in [-0.1, -0.05) is 0 Å². The zero-order valence-corrected chi connectivity index (χ0v) is 18.6. The third kappa shape index (κ3) is 4.43. The van der Waals surface area contributed by atoms with Crippen molar-refractivity contribution in [2.75, 3.05) is 19.7 Å². The summed E-state index contributed by atoms with van der Waals surface area (Å²) in [6, 6.07) is 3.96. The van der Waals surface area contributed by atoms with E-state index in [1.54, 1.807) is 23.2 Å². The number of aryl methyl sites for hydroxylation is 2. The van der Waals surface area contributed by atoms with E-state index in [0.29, 0.717) is 57.4 Å². The molecule has 0 bridgehead atoms. The molecule has 1 aliphatic heterocycles. The van der Waals surface area contributed by atoms with Crippen LogP contribution in [0.4, 0.5) is 4.79 Å². The van der Waals surface area contributed by atoms with Crippen molar-refractivity contribution in [3.05, 3.63) is 33.7 Å². The van der Waals surface area contributed by atoms with Crippen molar-refractivity contribution >= 4 is 39.1 Å². The van der Waals surface area contributed by atoms with E-state index < -0.39 is 0 Å². The van der Waals surface area contributed by atoms with E-state index in [2.05, 4.69) is 10.4 Å². The first-order valence-corrected chi connectivity index (χ1v) is 11.5. The molecule has 9 nitrogen and oxygen atoms in total. The highest BCUT2D eigenvalue weighted by molar-refractivity contribution is 7.17. The lowest BCUT2D eigenvalue weighted by molar-refractivity contribution is -0.122. The fraction of sp³-hybridized carbons (Fsp3) is 0.524. The number of ether oxygens (including phenoxy) is 1. The first-order chi connectivity index (χ1) is 15.0. The van der Waals surface area contributed by atoms with E-state index in [1.807, 2.05) is 28.8 Å². The Morgan fingerprint density at radius 1 is 1.29 bits per heavy atom. The number of nitrogens with zero attached hydrogens (tertiary/aromatic N) is 4. The molecule has 0 radical (unpaired) electrons. The standard InChI is InChI=1S/C21H27N5O4S/c1-3-30-21(29)24-10-6-15(7-11-24)22-19(27)5-4-9-25-20(28)17-13-18-16(8-12-31-18)26(17)14(2)23-25/h8,12-13,15H,3-7,9-11H2,1-2H3,(H,22,27). The van der Waals surface area contributed by atoms with Gasteiger partial charge in [0.1, 0.15) is 11.3 Å². The number of thiophene rings is 1. The summed E-state index contributed by atoms with van der Waals surface area (Å²) in [5.41, 5.74) is 1.48. The molecular formula is C21H27N5O4S. The molecule has 0 saturated carbocycles. The molecule has 4 rings (SSSR count). The van der Waals surface area contributed by atoms with Crippen molar-refractivity contribution in [2.45, 2.75) is 52.1 Å². The molecule has 0 atom stereocenters. The van der Waals surface area contributed by atoms with Gasteiger partial charge in [-0.25, -0.2) is 9.48 Å². The van der Waals surface area contributed by atoms with Crippen LogP contribution in [0.5, 0.6) is 0 Å². The Balaban J connectivity index is 1.29. The van der Waals surface area contributed by atoms with E-state index in [-0.39, 0.29) is 23.6 Å². The summed E-state index contributed by atoms with van der Waals surface area (Å²) < 4.78 is 9.42. The SMILES string of the molecule is CCOC(=O)N1CCC(NC(=O)CCCn2nc(C)n3c(cc4sccc43)c2=O)CC1. The van der Waals surface area contributed by atoms with Crippen molar-refractivity contribution in [1.29, 1.82) is 0 Å². The average molecular weight is 446 g/mol. The quantitative estimate of drug-likeness (QED) is 0.629. The maximum Gasteiger partial charge on any atom is 0.409 e. The highest BCUT2D eigenvalue weighted by Crippen LogP contribution is 2.24. The number of likely N-dealkylation sites (tertiary alicyclic amines) is 1. The van der Waals surface area contributed by atoms with E-state index in [4.69, 9.17) is 4.74 Å². The van der Waals surface area contributed by atoms with Crippen LogP contribution in [0.3, 0.4) is 0 Å². The van der Waals surface area contributed by atoms with Crippen LogP contribution in [0.2, 0.25) is 0 Å². The monoisotopic (exact) mass is 445 g/mol. The normalized spacial score (nSPS) is 15.0. The first kappa shape index (κ1) is 21.4. The van der Waals surface area contributed by atoms with Crippen LogP contribution in [0, 0.1) is 6.92 Å². The molecule has 0 aromatic carbocycles. The lowest BCUT2D eigenvalue weighted by Gasteiger charge is -2.31. The summed E-state index contributed by atoms with van der Waals surface area (Å²) in [5, 5.41) is 9.49. The smallest absolute Gasteiger partial charge is 0.409 e. The van der Waals surface area contributed by atoms with Crippen molar-refractivity contribution in [2.24, 2.45) is 0 Å². The number of fused-ring (bicyclic) bond motifs is 3. The van der Waals surface area contributed by atoms with Gasteiger partial charge in [0.25, 0.3) is 5.56 Å². The van der Waals surface area contributed by atoms with Crippen LogP contribution >= 0.6 is 11.3 Å². The highest BCUT2D eigenvalue weighted by atomic mass is 32.1. The Bertz CT molecular complexity index is 1160. The predicted molar refractivity (Wildman–Crippen MR) is 119 cm³/mol. The molecule has 0 aliphatic carbocycles. The predicted octanol–water partition coefficient (Wildman–Crippen LogP) is 2.54. The lowest BCUT2D eigenvalue weighted by Crippen LogP contribution is -2.46. The van der Waals surface area contributed by atoms with Crippen LogP contribution in [0.1, 0.15) is 38.4 Å². The minimum atomic E-state index is -0.291. The van der Waals surface area contributed by atoms with E-state index in [0.717, 1.165) is 16.0 Å². The molecular weight excluding hydrogens is 418 g/mol. The molecule has 3 aromatic heterocycles. The third-order valence-electron chi connectivity index (χ3n) is 5.63. The van der Waals surface area contributed by atoms with Crippen molar-refractivity contribution in [1.82, 2.24) is 24.4 Å². The molecule has 1 saturated heterocycles. The first-order valence-electron chi connectivity index (χ1n) is 10.7. The molecule has 31 heavy (non-hydrogen) atoms. The molecule has 3 aromatic rings. The molecule has 4 heterocycles. The van der Waals surface area contributed by atoms with Gasteiger partial charge in [-0.05, 0) is 50.6 Å². The third-order valence-corrected chi connectivity index (χ3v) is 6.48. The zero-order valence-electron chi connectivity index (χ0n) is 17.8. The van der Waals surface area contributed by atoms with Gasteiger partial charge in [-0.2, -0.15) is 5.10 Å². The molecule has 1 N–H and O–H groups in total. The molecule has 1 aliphatic rings. The van der Waals surface area contributed by atoms with Gasteiger partial charge >= 0.3 is 6.09 Å². The van der Waals surface area contributed by atoms with Gasteiger partial charge in [0.15, 0.2) is 0 Å². The summed E-state index contributed by atoms with van der Waals surface area (Å²) in [6.07, 6.45) is 2.00. The number of rotatable bonds is 6. The number of aromatic nitrogens is 3. The number of amides is 2. The Kier molecular flexibility index (Phi) is 6.26. The van der Waals surface area contributed by atoms with E-state index >= 15 is 0 Å². The Hall–Kier alpha value is -2.88. The van der Waals surface area contributed by atoms with Crippen LogP contribution in [-0.4, -0.2) is 56.8 Å². The second-order valence-electron chi connectivity index (χ2n) is 7.74. The van der Waals surface area contributed by atoms with E-state index in [1.165, 1.54) is 4.68 Å². The van der Waals surface area contributed by atoms with Gasteiger partial charge in [-0.15, -0.1) is 11.3 Å². The van der Waals surface area contributed by atoms with Crippen molar-refractivity contribution < 1.29 is 14.3 Å². The Morgan fingerprint density at radius 3 is 2.81 bits per heavy atom. The second kappa shape index (κ2) is 9.09. The van der Waals surface area contributed by atoms with Gasteiger partial charge in [-0.3, -0.25) is 14.0 Å². The molecule has 0 unspecified atom stereocenters. The maximum atomic E-state index is 12.8. The van der Waals surface area contributed by atoms with Gasteiger partial charge in [0, 0.05) is 32.1 Å². The van der Waals surface area contributed by atoms with Crippen LogP contribution in [0.15, 0.2) is 22.3 Å². The zero-order chi connectivity index (χ0) is 22.0. The average Bonchev–Trinajstić information content (AvgIpc) is 3.34. The van der Waals surface area contributed by atoms with Crippen LogP contribution in [0.25, 0.3) is 15.7 Å².